The van der Waals surface area contributed by atoms with Crippen molar-refractivity contribution in [2.75, 3.05) is 26.4 Å². The van der Waals surface area contributed by atoms with Gasteiger partial charge in [0, 0.05) is 31.5 Å². The fourth-order valence-electron chi connectivity index (χ4n) is 1.88. The zero-order chi connectivity index (χ0) is 14.4. The predicted molar refractivity (Wildman–Crippen MR) is 85.3 cm³/mol. The third-order valence-electron chi connectivity index (χ3n) is 3.32. The van der Waals surface area contributed by atoms with Gasteiger partial charge in [-0.25, -0.2) is 0 Å². The second-order valence-corrected chi connectivity index (χ2v) is 13.1. The van der Waals surface area contributed by atoms with E-state index in [-0.39, 0.29) is 5.54 Å². The molecule has 0 aliphatic rings. The average molecular weight is 292 g/mol. The average Bonchev–Trinajstić information content (AvgIpc) is 2.25. The molecule has 0 spiro atoms. The summed E-state index contributed by atoms with van der Waals surface area (Å²) < 4.78 is 11.8. The molecule has 0 rings (SSSR count). The lowest BCUT2D eigenvalue weighted by Crippen LogP contribution is -2.47. The summed E-state index contributed by atoms with van der Waals surface area (Å²) in [6.45, 7) is 18.0. The smallest absolute Gasteiger partial charge is 0.335 e. The maximum Gasteiger partial charge on any atom is 0.335 e. The highest BCUT2D eigenvalue weighted by atomic mass is 28.4. The van der Waals surface area contributed by atoms with E-state index in [4.69, 9.17) is 8.85 Å². The van der Waals surface area contributed by atoms with E-state index >= 15 is 0 Å². The van der Waals surface area contributed by atoms with E-state index in [0.29, 0.717) is 0 Å². The van der Waals surface area contributed by atoms with Crippen LogP contribution >= 0.6 is 0 Å². The van der Waals surface area contributed by atoms with E-state index in [9.17, 15) is 0 Å². The molecule has 0 aromatic carbocycles. The molecule has 18 heavy (non-hydrogen) atoms. The van der Waals surface area contributed by atoms with Crippen molar-refractivity contribution in [2.24, 2.45) is 0 Å². The van der Waals surface area contributed by atoms with Crippen molar-refractivity contribution >= 4 is 17.4 Å². The lowest BCUT2D eigenvalue weighted by molar-refractivity contribution is 0.144. The van der Waals surface area contributed by atoms with Crippen molar-refractivity contribution in [3.8, 4) is 0 Å². The lowest BCUT2D eigenvalue weighted by atomic mass is 10.1. The highest BCUT2D eigenvalue weighted by Crippen LogP contribution is 2.18. The molecule has 3 nitrogen and oxygen atoms in total. The van der Waals surface area contributed by atoms with Crippen molar-refractivity contribution < 1.29 is 8.85 Å². The van der Waals surface area contributed by atoms with Gasteiger partial charge in [-0.2, -0.15) is 0 Å². The number of rotatable bonds is 8. The minimum atomic E-state index is -1.95. The second-order valence-electron chi connectivity index (χ2n) is 6.54. The maximum atomic E-state index is 6.10. The lowest BCUT2D eigenvalue weighted by Gasteiger charge is -2.37. The van der Waals surface area contributed by atoms with Crippen LogP contribution in [0.4, 0.5) is 0 Å². The van der Waals surface area contributed by atoms with Crippen molar-refractivity contribution in [1.82, 2.24) is 4.90 Å². The fourth-order valence-corrected chi connectivity index (χ4v) is 5.77. The third kappa shape index (κ3) is 7.04. The molecule has 0 saturated carbocycles. The summed E-state index contributed by atoms with van der Waals surface area (Å²) >= 11 is 0. The second kappa shape index (κ2) is 7.79. The Kier molecular flexibility index (Phi) is 7.93. The molecule has 0 bridgehead atoms. The van der Waals surface area contributed by atoms with E-state index in [2.05, 4.69) is 52.2 Å². The summed E-state index contributed by atoms with van der Waals surface area (Å²) in [5.41, 5.74) is 0.227. The van der Waals surface area contributed by atoms with Gasteiger partial charge in [-0.3, -0.25) is 4.90 Å². The molecule has 0 aromatic rings. The maximum absolute atomic E-state index is 6.10. The molecule has 1 unspecified atom stereocenters. The first-order valence-corrected chi connectivity index (χ1v) is 12.7. The molecule has 0 aliphatic carbocycles. The number of nitrogens with zero attached hydrogens (tertiary/aromatic N) is 1. The molecule has 1 atom stereocenters. The quantitative estimate of drug-likeness (QED) is 0.642. The SMILES string of the molecule is CCN(CC[Si](C)(OC)OC[SiH](C)C)C(C)(C)C. The summed E-state index contributed by atoms with van der Waals surface area (Å²) in [7, 11) is -0.800. The Morgan fingerprint density at radius 2 is 1.78 bits per heavy atom. The Hall–Kier alpha value is 0.314. The van der Waals surface area contributed by atoms with Crippen LogP contribution in [0, 0.1) is 0 Å². The molecule has 0 aromatic heterocycles. The molecular weight excluding hydrogens is 258 g/mol. The standard InChI is InChI=1S/C13H33NO2Si2/c1-9-14(13(2,3)4)10-11-18(8,15-5)16-12-17(6)7/h17H,9-12H2,1-8H3. The molecule has 0 radical (unpaired) electrons. The first kappa shape index (κ1) is 18.3. The van der Waals surface area contributed by atoms with Crippen LogP contribution in [0.2, 0.25) is 25.7 Å². The van der Waals surface area contributed by atoms with Gasteiger partial charge in [0.05, 0.1) is 8.80 Å². The van der Waals surface area contributed by atoms with Gasteiger partial charge in [0.2, 0.25) is 0 Å². The molecule has 0 saturated heterocycles. The van der Waals surface area contributed by atoms with Crippen LogP contribution in [0.3, 0.4) is 0 Å². The topological polar surface area (TPSA) is 21.7 Å². The van der Waals surface area contributed by atoms with Gasteiger partial charge in [0.15, 0.2) is 0 Å². The van der Waals surface area contributed by atoms with Crippen LogP contribution < -0.4 is 0 Å². The van der Waals surface area contributed by atoms with Gasteiger partial charge in [0.25, 0.3) is 0 Å². The third-order valence-corrected chi connectivity index (χ3v) is 7.26. The summed E-state index contributed by atoms with van der Waals surface area (Å²) in [5, 5.41) is 0. The monoisotopic (exact) mass is 291 g/mol. The molecule has 0 N–H and O–H groups in total. The molecule has 0 heterocycles. The molecule has 0 aliphatic heterocycles. The van der Waals surface area contributed by atoms with E-state index in [1.807, 2.05) is 7.11 Å². The molecule has 0 amide bonds. The van der Waals surface area contributed by atoms with Crippen molar-refractivity contribution in [2.45, 2.75) is 58.9 Å². The summed E-state index contributed by atoms with van der Waals surface area (Å²) in [4.78, 5) is 2.49. The van der Waals surface area contributed by atoms with E-state index < -0.39 is 17.4 Å². The van der Waals surface area contributed by atoms with Gasteiger partial charge in [0.1, 0.15) is 0 Å². The van der Waals surface area contributed by atoms with Gasteiger partial charge in [-0.15, -0.1) is 0 Å². The normalized spacial score (nSPS) is 16.3. The van der Waals surface area contributed by atoms with Crippen LogP contribution in [0.1, 0.15) is 27.7 Å². The number of hydrogen-bond donors (Lipinski definition) is 0. The minimum absolute atomic E-state index is 0.227. The van der Waals surface area contributed by atoms with Crippen LogP contribution in [-0.2, 0) is 8.85 Å². The van der Waals surface area contributed by atoms with Crippen molar-refractivity contribution in [1.29, 1.82) is 0 Å². The Balaban J connectivity index is 4.35. The Bertz CT molecular complexity index is 232. The van der Waals surface area contributed by atoms with E-state index in [1.54, 1.807) is 0 Å². The van der Waals surface area contributed by atoms with Crippen LogP contribution in [0.5, 0.6) is 0 Å². The highest BCUT2D eigenvalue weighted by Gasteiger charge is 2.32. The van der Waals surface area contributed by atoms with Gasteiger partial charge < -0.3 is 8.85 Å². The first-order chi connectivity index (χ1) is 8.14. The van der Waals surface area contributed by atoms with Crippen LogP contribution in [-0.4, -0.2) is 54.2 Å². The molecule has 0 fully saturated rings. The zero-order valence-electron chi connectivity index (χ0n) is 13.7. The van der Waals surface area contributed by atoms with E-state index in [0.717, 1.165) is 25.4 Å². The highest BCUT2D eigenvalue weighted by molar-refractivity contribution is 6.67. The van der Waals surface area contributed by atoms with Crippen molar-refractivity contribution in [3.63, 3.8) is 0 Å². The molecule has 5 heteroatoms. The Morgan fingerprint density at radius 1 is 1.22 bits per heavy atom. The van der Waals surface area contributed by atoms with Crippen molar-refractivity contribution in [3.05, 3.63) is 0 Å². The fraction of sp³-hybridized carbons (Fsp3) is 1.00. The van der Waals surface area contributed by atoms with Gasteiger partial charge in [-0.1, -0.05) is 20.0 Å². The molecular formula is C13H33NO2Si2. The summed E-state index contributed by atoms with van der Waals surface area (Å²) in [5.74, 6) is 0. The largest absolute Gasteiger partial charge is 0.398 e. The Morgan fingerprint density at radius 3 is 2.11 bits per heavy atom. The van der Waals surface area contributed by atoms with Crippen LogP contribution in [0.15, 0.2) is 0 Å². The van der Waals surface area contributed by atoms with Gasteiger partial charge in [-0.05, 0) is 33.9 Å². The Labute approximate surface area is 117 Å². The van der Waals surface area contributed by atoms with E-state index in [1.165, 1.54) is 0 Å². The minimum Gasteiger partial charge on any atom is -0.398 e. The summed E-state index contributed by atoms with van der Waals surface area (Å²) in [6, 6.07) is 1.05. The molecule has 110 valence electrons. The predicted octanol–water partition coefficient (Wildman–Crippen LogP) is 2.87. The summed E-state index contributed by atoms with van der Waals surface area (Å²) in [6.07, 6.45) is 0.943. The zero-order valence-corrected chi connectivity index (χ0v) is 15.8. The van der Waals surface area contributed by atoms with Gasteiger partial charge >= 0.3 is 8.56 Å². The van der Waals surface area contributed by atoms with Crippen LogP contribution in [0.25, 0.3) is 0 Å². The number of hydrogen-bond acceptors (Lipinski definition) is 3. The first-order valence-electron chi connectivity index (χ1n) is 7.08.